The van der Waals surface area contributed by atoms with Gasteiger partial charge in [0.2, 0.25) is 5.95 Å². The molecule has 0 spiro atoms. The van der Waals surface area contributed by atoms with Gasteiger partial charge in [-0.05, 0) is 19.8 Å². The third-order valence-electron chi connectivity index (χ3n) is 5.76. The van der Waals surface area contributed by atoms with Crippen LogP contribution < -0.4 is 10.6 Å². The zero-order valence-corrected chi connectivity index (χ0v) is 17.0. The highest BCUT2D eigenvalue weighted by molar-refractivity contribution is 5.58. The summed E-state index contributed by atoms with van der Waals surface area (Å²) < 4.78 is 47.4. The Labute approximate surface area is 172 Å². The molecule has 2 aliphatic rings. The fourth-order valence-electron chi connectivity index (χ4n) is 3.83. The summed E-state index contributed by atoms with van der Waals surface area (Å²) in [6, 6.07) is 0.852. The highest BCUT2D eigenvalue weighted by Crippen LogP contribution is 2.33. The molecule has 2 N–H and O–H groups in total. The number of piperidine rings is 1. The lowest BCUT2D eigenvalue weighted by Crippen LogP contribution is -2.51. The van der Waals surface area contributed by atoms with E-state index in [2.05, 4.69) is 30.6 Å². The Balaban J connectivity index is 1.45. The number of aryl methyl sites for hydroxylation is 1. The first kappa shape index (κ1) is 20.9. The van der Waals surface area contributed by atoms with Crippen molar-refractivity contribution >= 4 is 17.5 Å². The summed E-state index contributed by atoms with van der Waals surface area (Å²) >= 11 is 0. The van der Waals surface area contributed by atoms with Gasteiger partial charge in [-0.2, -0.15) is 18.9 Å². The molecule has 0 bridgehead atoms. The maximum Gasteiger partial charge on any atom is 0.306 e. The Hall–Kier alpha value is -2.40. The monoisotopic (exact) mass is 425 g/mol. The van der Waals surface area contributed by atoms with Crippen LogP contribution >= 0.6 is 0 Å². The van der Waals surface area contributed by atoms with Crippen LogP contribution in [0.15, 0.2) is 12.4 Å². The quantitative estimate of drug-likeness (QED) is 0.706. The molecule has 2 aromatic heterocycles. The molecule has 0 aliphatic carbocycles. The molecule has 0 radical (unpaired) electrons. The second-order valence-corrected chi connectivity index (χ2v) is 7.74. The van der Waals surface area contributed by atoms with Crippen LogP contribution in [0.5, 0.6) is 0 Å². The number of rotatable bonds is 7. The molecule has 0 aromatic carbocycles. The summed E-state index contributed by atoms with van der Waals surface area (Å²) in [5, 5.41) is 10.2. The lowest BCUT2D eigenvalue weighted by atomic mass is 10.0. The van der Waals surface area contributed by atoms with E-state index in [4.69, 9.17) is 4.74 Å². The topological polar surface area (TPSA) is 80.1 Å². The normalized spacial score (nSPS) is 19.0. The SMILES string of the molecule is CNc1nc(Nc2cn(C3CCN(C4COC4)CC3)nc2C)ncc1C(F)(F)CF. The molecule has 2 saturated heterocycles. The number of likely N-dealkylation sites (tertiary alicyclic amines) is 1. The number of anilines is 3. The van der Waals surface area contributed by atoms with Gasteiger partial charge in [-0.25, -0.2) is 9.37 Å². The number of hydrogen-bond donors (Lipinski definition) is 2. The van der Waals surface area contributed by atoms with Crippen molar-refractivity contribution in [2.45, 2.75) is 37.8 Å². The minimum absolute atomic E-state index is 0.118. The van der Waals surface area contributed by atoms with Crippen molar-refractivity contribution in [3.05, 3.63) is 23.7 Å². The first-order chi connectivity index (χ1) is 14.4. The summed E-state index contributed by atoms with van der Waals surface area (Å²) in [7, 11) is 1.45. The standard InChI is InChI=1S/C19H26F3N7O/c1-12-16(25-18-24-7-15(17(23-2)26-18)19(21,22)11-20)8-29(27-12)13-3-5-28(6-4-13)14-9-30-10-14/h7-8,13-14H,3-6,9-11H2,1-2H3,(H2,23,24,25,26). The predicted octanol–water partition coefficient (Wildman–Crippen LogP) is 2.86. The summed E-state index contributed by atoms with van der Waals surface area (Å²) in [6.07, 6.45) is 4.85. The minimum atomic E-state index is -3.64. The summed E-state index contributed by atoms with van der Waals surface area (Å²) in [5.41, 5.74) is 0.892. The van der Waals surface area contributed by atoms with Gasteiger partial charge < -0.3 is 15.4 Å². The van der Waals surface area contributed by atoms with Gasteiger partial charge in [0.25, 0.3) is 0 Å². The van der Waals surface area contributed by atoms with Gasteiger partial charge in [-0.15, -0.1) is 0 Å². The number of aromatic nitrogens is 4. The second kappa shape index (κ2) is 8.38. The van der Waals surface area contributed by atoms with Crippen LogP contribution in [0, 0.1) is 6.92 Å². The van der Waals surface area contributed by atoms with Crippen LogP contribution in [-0.4, -0.2) is 70.7 Å². The number of alkyl halides is 3. The van der Waals surface area contributed by atoms with Gasteiger partial charge in [-0.3, -0.25) is 9.58 Å². The Bertz CT molecular complexity index is 879. The van der Waals surface area contributed by atoms with Crippen molar-refractivity contribution in [2.75, 3.05) is 50.7 Å². The predicted molar refractivity (Wildman–Crippen MR) is 106 cm³/mol. The van der Waals surface area contributed by atoms with E-state index in [0.29, 0.717) is 17.8 Å². The number of ether oxygens (including phenoxy) is 1. The van der Waals surface area contributed by atoms with Crippen LogP contribution in [0.3, 0.4) is 0 Å². The van der Waals surface area contributed by atoms with E-state index in [1.54, 1.807) is 0 Å². The molecule has 30 heavy (non-hydrogen) atoms. The molecule has 2 aromatic rings. The lowest BCUT2D eigenvalue weighted by molar-refractivity contribution is -0.0734. The molecule has 0 unspecified atom stereocenters. The molecule has 8 nitrogen and oxygen atoms in total. The average molecular weight is 425 g/mol. The van der Waals surface area contributed by atoms with Crippen molar-refractivity contribution < 1.29 is 17.9 Å². The number of nitrogens with one attached hydrogen (secondary N) is 2. The largest absolute Gasteiger partial charge is 0.378 e. The Kier molecular flexibility index (Phi) is 5.83. The van der Waals surface area contributed by atoms with E-state index in [-0.39, 0.29) is 11.8 Å². The van der Waals surface area contributed by atoms with Crippen LogP contribution in [0.2, 0.25) is 0 Å². The van der Waals surface area contributed by atoms with Crippen molar-refractivity contribution in [1.29, 1.82) is 0 Å². The number of nitrogens with zero attached hydrogens (tertiary/aromatic N) is 5. The average Bonchev–Trinajstić information content (AvgIpc) is 3.07. The van der Waals surface area contributed by atoms with E-state index in [0.717, 1.165) is 51.0 Å². The van der Waals surface area contributed by atoms with Crippen molar-refractivity contribution in [3.63, 3.8) is 0 Å². The van der Waals surface area contributed by atoms with Gasteiger partial charge >= 0.3 is 5.92 Å². The lowest BCUT2D eigenvalue weighted by Gasteiger charge is -2.41. The zero-order chi connectivity index (χ0) is 21.3. The molecule has 0 amide bonds. The maximum atomic E-state index is 13.7. The van der Waals surface area contributed by atoms with E-state index in [9.17, 15) is 13.2 Å². The molecular weight excluding hydrogens is 399 g/mol. The molecule has 4 heterocycles. The molecule has 0 atom stereocenters. The Morgan fingerprint density at radius 1 is 1.23 bits per heavy atom. The molecule has 0 saturated carbocycles. The zero-order valence-electron chi connectivity index (χ0n) is 17.0. The maximum absolute atomic E-state index is 13.7. The van der Waals surface area contributed by atoms with Crippen molar-refractivity contribution in [3.8, 4) is 0 Å². The third kappa shape index (κ3) is 4.08. The van der Waals surface area contributed by atoms with E-state index < -0.39 is 18.2 Å². The molecule has 11 heteroatoms. The fraction of sp³-hybridized carbons (Fsp3) is 0.632. The first-order valence-corrected chi connectivity index (χ1v) is 10.0. The van der Waals surface area contributed by atoms with Crippen LogP contribution in [-0.2, 0) is 10.7 Å². The highest BCUT2D eigenvalue weighted by Gasteiger charge is 2.36. The van der Waals surface area contributed by atoms with Crippen molar-refractivity contribution in [2.24, 2.45) is 0 Å². The Morgan fingerprint density at radius 2 is 1.97 bits per heavy atom. The molecule has 164 valence electrons. The van der Waals surface area contributed by atoms with Gasteiger partial charge in [0, 0.05) is 32.5 Å². The van der Waals surface area contributed by atoms with Gasteiger partial charge in [0.05, 0.1) is 42.2 Å². The summed E-state index contributed by atoms with van der Waals surface area (Å²) in [4.78, 5) is 10.5. The van der Waals surface area contributed by atoms with E-state index in [1.807, 2.05) is 17.8 Å². The van der Waals surface area contributed by atoms with Crippen LogP contribution in [0.1, 0.15) is 30.1 Å². The second-order valence-electron chi connectivity index (χ2n) is 7.74. The summed E-state index contributed by atoms with van der Waals surface area (Å²) in [5.74, 6) is -3.62. The van der Waals surface area contributed by atoms with Gasteiger partial charge in [-0.1, -0.05) is 0 Å². The van der Waals surface area contributed by atoms with Gasteiger partial charge in [0.15, 0.2) is 6.67 Å². The number of hydrogen-bond acceptors (Lipinski definition) is 7. The van der Waals surface area contributed by atoms with E-state index in [1.165, 1.54) is 7.05 Å². The van der Waals surface area contributed by atoms with Crippen molar-refractivity contribution in [1.82, 2.24) is 24.6 Å². The smallest absolute Gasteiger partial charge is 0.306 e. The van der Waals surface area contributed by atoms with Gasteiger partial charge in [0.1, 0.15) is 5.82 Å². The number of halogens is 3. The molecule has 2 aliphatic heterocycles. The fourth-order valence-corrected chi connectivity index (χ4v) is 3.83. The molecular formula is C19H26F3N7O. The first-order valence-electron chi connectivity index (χ1n) is 10.0. The summed E-state index contributed by atoms with van der Waals surface area (Å²) in [6.45, 7) is 3.73. The molecule has 2 fully saturated rings. The highest BCUT2D eigenvalue weighted by atomic mass is 19.3. The molecule has 4 rings (SSSR count). The van der Waals surface area contributed by atoms with Crippen LogP contribution in [0.25, 0.3) is 0 Å². The van der Waals surface area contributed by atoms with Crippen LogP contribution in [0.4, 0.5) is 30.6 Å². The minimum Gasteiger partial charge on any atom is -0.378 e. The van der Waals surface area contributed by atoms with E-state index >= 15 is 0 Å². The third-order valence-corrected chi connectivity index (χ3v) is 5.76. The Morgan fingerprint density at radius 3 is 2.57 bits per heavy atom.